The summed E-state index contributed by atoms with van der Waals surface area (Å²) in [6.07, 6.45) is 32.0. The molecule has 0 aliphatic carbocycles. The molecule has 1 aromatic carbocycles. The highest BCUT2D eigenvalue weighted by Gasteiger charge is 2.08. The quantitative estimate of drug-likeness (QED) is 0.108. The molecule has 7 heteroatoms. The predicted octanol–water partition coefficient (Wildman–Crippen LogP) is 6.69. The maximum Gasteiger partial charge on any atom is 0.255 e. The number of nitrogens with one attached hydrogen (secondary N) is 2. The average Bonchev–Trinajstić information content (AvgIpc) is 2.95. The highest BCUT2D eigenvalue weighted by atomic mass is 32.2. The Bertz CT molecular complexity index is 996. The molecule has 2 amide bonds. The number of ether oxygens (including phenoxy) is 1. The molecule has 0 aliphatic rings. The van der Waals surface area contributed by atoms with E-state index in [4.69, 9.17) is 4.74 Å². The maximum absolute atomic E-state index is 12.0. The zero-order valence-electron chi connectivity index (χ0n) is 23.8. The molecule has 0 aromatic heterocycles. The fourth-order valence-corrected chi connectivity index (χ4v) is 3.90. The van der Waals surface area contributed by atoms with Crippen molar-refractivity contribution in [2.45, 2.75) is 45.4 Å². The fourth-order valence-electron chi connectivity index (χ4n) is 3.22. The van der Waals surface area contributed by atoms with E-state index in [0.29, 0.717) is 32.1 Å². The van der Waals surface area contributed by atoms with Gasteiger partial charge in [0.15, 0.2) is 0 Å². The molecule has 0 aliphatic heterocycles. The molecule has 0 saturated heterocycles. The molecule has 40 heavy (non-hydrogen) atoms. The first kappa shape index (κ1) is 34.7. The lowest BCUT2D eigenvalue weighted by Crippen LogP contribution is -2.31. The van der Waals surface area contributed by atoms with Gasteiger partial charge in [-0.3, -0.25) is 9.59 Å². The van der Waals surface area contributed by atoms with Gasteiger partial charge in [-0.05, 0) is 50.7 Å². The van der Waals surface area contributed by atoms with Crippen molar-refractivity contribution >= 4 is 23.6 Å². The molecule has 0 radical (unpaired) electrons. The summed E-state index contributed by atoms with van der Waals surface area (Å²) in [6, 6.07) is 6.38. The molecule has 218 valence electrons. The zero-order valence-corrected chi connectivity index (χ0v) is 24.6. The Morgan fingerprint density at radius 2 is 1.25 bits per heavy atom. The van der Waals surface area contributed by atoms with Gasteiger partial charge >= 0.3 is 0 Å². The van der Waals surface area contributed by atoms with E-state index in [1.165, 1.54) is 6.07 Å². The number of aromatic hydroxyl groups is 1. The summed E-state index contributed by atoms with van der Waals surface area (Å²) in [5, 5.41) is 15.2. The molecule has 0 bridgehead atoms. The van der Waals surface area contributed by atoms with Gasteiger partial charge in [0.1, 0.15) is 5.75 Å². The van der Waals surface area contributed by atoms with Crippen molar-refractivity contribution in [3.63, 3.8) is 0 Å². The van der Waals surface area contributed by atoms with Gasteiger partial charge in [-0.2, -0.15) is 0 Å². The van der Waals surface area contributed by atoms with Crippen LogP contribution in [0.5, 0.6) is 5.75 Å². The number of thioether (sulfide) groups is 1. The van der Waals surface area contributed by atoms with Gasteiger partial charge < -0.3 is 20.5 Å². The van der Waals surface area contributed by atoms with Crippen LogP contribution < -0.4 is 10.6 Å². The van der Waals surface area contributed by atoms with Crippen LogP contribution in [-0.4, -0.2) is 54.7 Å². The van der Waals surface area contributed by atoms with E-state index in [-0.39, 0.29) is 23.1 Å². The summed E-state index contributed by atoms with van der Waals surface area (Å²) in [7, 11) is 0. The van der Waals surface area contributed by atoms with Crippen molar-refractivity contribution in [2.24, 2.45) is 0 Å². The smallest absolute Gasteiger partial charge is 0.255 e. The number of carbonyl (C=O) groups excluding carboxylic acids is 2. The summed E-state index contributed by atoms with van der Waals surface area (Å²) < 4.78 is 5.42. The molecule has 0 fully saturated rings. The van der Waals surface area contributed by atoms with Gasteiger partial charge in [-0.25, -0.2) is 0 Å². The van der Waals surface area contributed by atoms with Crippen molar-refractivity contribution in [1.82, 2.24) is 10.6 Å². The second-order valence-electron chi connectivity index (χ2n) is 8.67. The third-order valence-corrected chi connectivity index (χ3v) is 6.19. The van der Waals surface area contributed by atoms with Crippen molar-refractivity contribution in [3.05, 3.63) is 103 Å². The number of phenolic OH excluding ortho intramolecular Hbond substituents is 1. The normalized spacial score (nSPS) is 12.2. The molecule has 1 rings (SSSR count). The van der Waals surface area contributed by atoms with Gasteiger partial charge in [-0.1, -0.05) is 92.0 Å². The molecule has 0 atom stereocenters. The first-order chi connectivity index (χ1) is 19.6. The van der Waals surface area contributed by atoms with Crippen molar-refractivity contribution < 1.29 is 19.4 Å². The minimum atomic E-state index is -0.348. The van der Waals surface area contributed by atoms with E-state index < -0.39 is 0 Å². The average molecular weight is 567 g/mol. The first-order valence-corrected chi connectivity index (χ1v) is 15.2. The molecule has 3 N–H and O–H groups in total. The Morgan fingerprint density at radius 3 is 1.80 bits per heavy atom. The zero-order chi connectivity index (χ0) is 28.9. The number of benzene rings is 1. The Balaban J connectivity index is 1.91. The Labute approximate surface area is 245 Å². The van der Waals surface area contributed by atoms with Gasteiger partial charge in [-0.15, -0.1) is 11.8 Å². The van der Waals surface area contributed by atoms with Gasteiger partial charge in [0.2, 0.25) is 5.91 Å². The predicted molar refractivity (Wildman–Crippen MR) is 170 cm³/mol. The summed E-state index contributed by atoms with van der Waals surface area (Å²) in [5.74, 6) is 0.780. The van der Waals surface area contributed by atoms with Crippen LogP contribution in [0, 0.1) is 0 Å². The van der Waals surface area contributed by atoms with E-state index in [9.17, 15) is 14.7 Å². The number of amides is 2. The highest BCUT2D eigenvalue weighted by molar-refractivity contribution is 8.00. The maximum atomic E-state index is 12.0. The molecule has 1 aromatic rings. The summed E-state index contributed by atoms with van der Waals surface area (Å²) in [5.41, 5.74) is 0.233. The van der Waals surface area contributed by atoms with E-state index in [1.807, 2.05) is 0 Å². The van der Waals surface area contributed by atoms with Crippen LogP contribution in [0.3, 0.4) is 0 Å². The first-order valence-electron chi connectivity index (χ1n) is 14.0. The largest absolute Gasteiger partial charge is 0.507 e. The van der Waals surface area contributed by atoms with Crippen molar-refractivity contribution in [3.8, 4) is 5.75 Å². The van der Waals surface area contributed by atoms with Crippen LogP contribution in [0.25, 0.3) is 0 Å². The van der Waals surface area contributed by atoms with Gasteiger partial charge in [0.25, 0.3) is 5.91 Å². The number of carbonyl (C=O) groups is 2. The monoisotopic (exact) mass is 566 g/mol. The Morgan fingerprint density at radius 1 is 0.750 bits per heavy atom. The number of phenols is 1. The number of hydrogen-bond donors (Lipinski definition) is 3. The lowest BCUT2D eigenvalue weighted by Gasteiger charge is -2.08. The van der Waals surface area contributed by atoms with Crippen LogP contribution in [0.1, 0.15) is 55.8 Å². The lowest BCUT2D eigenvalue weighted by molar-refractivity contribution is -0.118. The van der Waals surface area contributed by atoms with E-state index >= 15 is 0 Å². The summed E-state index contributed by atoms with van der Waals surface area (Å²) >= 11 is 1.57. The van der Waals surface area contributed by atoms with E-state index in [2.05, 4.69) is 90.5 Å². The minimum absolute atomic E-state index is 0.0207. The SMILES string of the molecule is CC/C=C\CC=CCC=CC/C=C\C/C=C\C/C=C\CSCC(=O)NCCOCCNC(=O)c1ccccc1O. The minimum Gasteiger partial charge on any atom is -0.507 e. The molecule has 0 heterocycles. The molecule has 0 unspecified atom stereocenters. The van der Waals surface area contributed by atoms with Crippen molar-refractivity contribution in [1.29, 1.82) is 0 Å². The summed E-state index contributed by atoms with van der Waals surface area (Å²) in [6.45, 7) is 3.59. The molecule has 0 spiro atoms. The lowest BCUT2D eigenvalue weighted by atomic mass is 10.2. The number of hydrogen-bond acceptors (Lipinski definition) is 5. The standard InChI is InChI=1S/C33H46N2O4S/c1-2-3-4-5-6-7-8-9-10-11-12-13-14-15-16-17-18-21-28-40-29-32(37)34-24-26-39-27-25-35-33(38)30-22-19-20-23-31(30)36/h3-4,6-7,9-10,12-13,15-16,18-23,36H,2,5,8,11,14,17,24-29H2,1H3,(H,34,37)(H,35,38)/b4-3-,7-6?,10-9?,13-12-,16-15-,21-18-. The topological polar surface area (TPSA) is 87.7 Å². The van der Waals surface area contributed by atoms with Crippen LogP contribution >= 0.6 is 11.8 Å². The number of rotatable bonds is 22. The molecular weight excluding hydrogens is 520 g/mol. The van der Waals surface area contributed by atoms with Crippen LogP contribution in [0.4, 0.5) is 0 Å². The second-order valence-corrected chi connectivity index (χ2v) is 9.70. The van der Waals surface area contributed by atoms with Gasteiger partial charge in [0, 0.05) is 18.8 Å². The van der Waals surface area contributed by atoms with E-state index in [0.717, 1.165) is 44.3 Å². The summed E-state index contributed by atoms with van der Waals surface area (Å²) in [4.78, 5) is 23.8. The van der Waals surface area contributed by atoms with Crippen molar-refractivity contribution in [2.75, 3.05) is 37.8 Å². The fraction of sp³-hybridized carbons (Fsp3) is 0.394. The number of allylic oxidation sites excluding steroid dienone is 11. The molecule has 6 nitrogen and oxygen atoms in total. The molecule has 0 saturated carbocycles. The second kappa shape index (κ2) is 26.0. The third kappa shape index (κ3) is 20.6. The van der Waals surface area contributed by atoms with E-state index in [1.54, 1.807) is 30.0 Å². The van der Waals surface area contributed by atoms with Crippen LogP contribution in [0.15, 0.2) is 97.2 Å². The van der Waals surface area contributed by atoms with Gasteiger partial charge in [0.05, 0.1) is 24.5 Å². The van der Waals surface area contributed by atoms with Crippen LogP contribution in [-0.2, 0) is 9.53 Å². The Hall–Kier alpha value is -3.29. The number of para-hydroxylation sites is 1. The highest BCUT2D eigenvalue weighted by Crippen LogP contribution is 2.14. The Kier molecular flexibility index (Phi) is 22.5. The van der Waals surface area contributed by atoms with Crippen LogP contribution in [0.2, 0.25) is 0 Å². The molecular formula is C33H46N2O4S. The third-order valence-electron chi connectivity index (χ3n) is 5.29.